The van der Waals surface area contributed by atoms with Gasteiger partial charge in [0, 0.05) is 31.3 Å². The number of carbonyl (C=O) groups excluding carboxylic acids is 1. The van der Waals surface area contributed by atoms with Gasteiger partial charge in [-0.3, -0.25) is 4.79 Å². The SMILES string of the molecule is CNCCC(=O)NCc1cnn(-c2ccccc2)c1.Cl. The fourth-order valence-corrected chi connectivity index (χ4v) is 1.70. The summed E-state index contributed by atoms with van der Waals surface area (Å²) < 4.78 is 1.80. The minimum atomic E-state index is 0. The lowest BCUT2D eigenvalue weighted by atomic mass is 10.3. The molecule has 0 unspecified atom stereocenters. The molecule has 0 aliphatic carbocycles. The van der Waals surface area contributed by atoms with Gasteiger partial charge >= 0.3 is 0 Å². The summed E-state index contributed by atoms with van der Waals surface area (Å²) >= 11 is 0. The average molecular weight is 295 g/mol. The lowest BCUT2D eigenvalue weighted by molar-refractivity contribution is -0.121. The molecule has 0 radical (unpaired) electrons. The van der Waals surface area contributed by atoms with Crippen molar-refractivity contribution in [2.75, 3.05) is 13.6 Å². The van der Waals surface area contributed by atoms with E-state index >= 15 is 0 Å². The Morgan fingerprint density at radius 1 is 1.30 bits per heavy atom. The summed E-state index contributed by atoms with van der Waals surface area (Å²) in [4.78, 5) is 11.5. The zero-order valence-corrected chi connectivity index (χ0v) is 12.2. The van der Waals surface area contributed by atoms with E-state index in [9.17, 15) is 4.79 Å². The van der Waals surface area contributed by atoms with Crippen LogP contribution in [0.4, 0.5) is 0 Å². The van der Waals surface area contributed by atoms with Crippen molar-refractivity contribution in [3.63, 3.8) is 0 Å². The summed E-state index contributed by atoms with van der Waals surface area (Å²) in [7, 11) is 1.83. The Balaban J connectivity index is 0.00000200. The van der Waals surface area contributed by atoms with E-state index in [4.69, 9.17) is 0 Å². The van der Waals surface area contributed by atoms with Crippen molar-refractivity contribution in [3.8, 4) is 5.69 Å². The van der Waals surface area contributed by atoms with Gasteiger partial charge < -0.3 is 10.6 Å². The van der Waals surface area contributed by atoms with Crippen molar-refractivity contribution < 1.29 is 4.79 Å². The van der Waals surface area contributed by atoms with Crippen LogP contribution < -0.4 is 10.6 Å². The van der Waals surface area contributed by atoms with E-state index in [0.717, 1.165) is 11.3 Å². The largest absolute Gasteiger partial charge is 0.352 e. The number of para-hydroxylation sites is 1. The zero-order valence-electron chi connectivity index (χ0n) is 11.4. The molecule has 1 aromatic carbocycles. The van der Waals surface area contributed by atoms with Crippen LogP contribution in [-0.4, -0.2) is 29.3 Å². The first kappa shape index (κ1) is 16.2. The van der Waals surface area contributed by atoms with Gasteiger partial charge in [0.15, 0.2) is 0 Å². The molecule has 0 saturated carbocycles. The molecule has 0 fully saturated rings. The van der Waals surface area contributed by atoms with Gasteiger partial charge in [-0.25, -0.2) is 4.68 Å². The third kappa shape index (κ3) is 4.68. The summed E-state index contributed by atoms with van der Waals surface area (Å²) in [6, 6.07) is 9.88. The second-order valence-corrected chi connectivity index (χ2v) is 4.26. The second-order valence-electron chi connectivity index (χ2n) is 4.26. The first-order valence-corrected chi connectivity index (χ1v) is 6.30. The van der Waals surface area contributed by atoms with Crippen molar-refractivity contribution in [1.29, 1.82) is 0 Å². The van der Waals surface area contributed by atoms with Crippen LogP contribution in [0, 0.1) is 0 Å². The molecule has 20 heavy (non-hydrogen) atoms. The molecule has 1 heterocycles. The van der Waals surface area contributed by atoms with Gasteiger partial charge in [-0.2, -0.15) is 5.10 Å². The van der Waals surface area contributed by atoms with E-state index in [1.165, 1.54) is 0 Å². The number of hydrogen-bond acceptors (Lipinski definition) is 3. The highest BCUT2D eigenvalue weighted by atomic mass is 35.5. The van der Waals surface area contributed by atoms with E-state index < -0.39 is 0 Å². The van der Waals surface area contributed by atoms with Crippen molar-refractivity contribution in [2.45, 2.75) is 13.0 Å². The van der Waals surface area contributed by atoms with Gasteiger partial charge in [0.2, 0.25) is 5.91 Å². The molecule has 0 saturated heterocycles. The van der Waals surface area contributed by atoms with E-state index in [1.807, 2.05) is 43.6 Å². The summed E-state index contributed by atoms with van der Waals surface area (Å²) in [5, 5.41) is 10.1. The van der Waals surface area contributed by atoms with E-state index in [0.29, 0.717) is 19.5 Å². The highest BCUT2D eigenvalue weighted by Crippen LogP contribution is 2.07. The first-order chi connectivity index (χ1) is 9.29. The number of aromatic nitrogens is 2. The smallest absolute Gasteiger partial charge is 0.221 e. The maximum absolute atomic E-state index is 11.5. The Bertz CT molecular complexity index is 527. The van der Waals surface area contributed by atoms with Crippen LogP contribution in [0.25, 0.3) is 5.69 Å². The molecule has 5 nitrogen and oxygen atoms in total. The predicted molar refractivity (Wildman–Crippen MR) is 81.2 cm³/mol. The Kier molecular flexibility index (Phi) is 6.76. The highest BCUT2D eigenvalue weighted by molar-refractivity contribution is 5.85. The number of nitrogens with one attached hydrogen (secondary N) is 2. The minimum absolute atomic E-state index is 0. The average Bonchev–Trinajstić information content (AvgIpc) is 2.93. The van der Waals surface area contributed by atoms with Crippen molar-refractivity contribution in [2.24, 2.45) is 0 Å². The Hall–Kier alpha value is -1.85. The number of nitrogens with zero attached hydrogens (tertiary/aromatic N) is 2. The fraction of sp³-hybridized carbons (Fsp3) is 0.286. The molecule has 1 amide bonds. The monoisotopic (exact) mass is 294 g/mol. The first-order valence-electron chi connectivity index (χ1n) is 6.30. The summed E-state index contributed by atoms with van der Waals surface area (Å²) in [6.07, 6.45) is 4.18. The molecule has 108 valence electrons. The fourth-order valence-electron chi connectivity index (χ4n) is 1.70. The third-order valence-electron chi connectivity index (χ3n) is 2.75. The van der Waals surface area contributed by atoms with Crippen molar-refractivity contribution >= 4 is 18.3 Å². The molecule has 2 rings (SSSR count). The topological polar surface area (TPSA) is 59.0 Å². The maximum Gasteiger partial charge on any atom is 0.221 e. The number of carbonyl (C=O) groups is 1. The third-order valence-corrected chi connectivity index (χ3v) is 2.75. The standard InChI is InChI=1S/C14H18N4O.ClH/c1-15-8-7-14(19)16-9-12-10-17-18(11-12)13-5-3-2-4-6-13;/h2-6,10-11,15H,7-9H2,1H3,(H,16,19);1H. The number of amides is 1. The number of hydrogen-bond donors (Lipinski definition) is 2. The Labute approximate surface area is 124 Å². The van der Waals surface area contributed by atoms with Gasteiger partial charge in [-0.1, -0.05) is 18.2 Å². The van der Waals surface area contributed by atoms with Gasteiger partial charge in [0.25, 0.3) is 0 Å². The molecule has 0 aliphatic heterocycles. The molecule has 0 spiro atoms. The molecular weight excluding hydrogens is 276 g/mol. The van der Waals surface area contributed by atoms with E-state index in [1.54, 1.807) is 10.9 Å². The Morgan fingerprint density at radius 3 is 2.75 bits per heavy atom. The summed E-state index contributed by atoms with van der Waals surface area (Å²) in [5.41, 5.74) is 2.00. The molecule has 2 N–H and O–H groups in total. The van der Waals surface area contributed by atoms with Crippen molar-refractivity contribution in [1.82, 2.24) is 20.4 Å². The van der Waals surface area contributed by atoms with Crippen LogP contribution in [0.3, 0.4) is 0 Å². The van der Waals surface area contributed by atoms with E-state index in [2.05, 4.69) is 15.7 Å². The van der Waals surface area contributed by atoms with E-state index in [-0.39, 0.29) is 18.3 Å². The summed E-state index contributed by atoms with van der Waals surface area (Å²) in [6.45, 7) is 1.20. The highest BCUT2D eigenvalue weighted by Gasteiger charge is 2.03. The van der Waals surface area contributed by atoms with Crippen LogP contribution >= 0.6 is 12.4 Å². The molecular formula is C14H19ClN4O. The molecule has 2 aromatic rings. The van der Waals surface area contributed by atoms with Gasteiger partial charge in [0.1, 0.15) is 0 Å². The quantitative estimate of drug-likeness (QED) is 0.849. The van der Waals surface area contributed by atoms with Crippen LogP contribution in [0.5, 0.6) is 0 Å². The van der Waals surface area contributed by atoms with Gasteiger partial charge in [-0.15, -0.1) is 12.4 Å². The maximum atomic E-state index is 11.5. The van der Waals surface area contributed by atoms with Crippen LogP contribution in [0.15, 0.2) is 42.7 Å². The predicted octanol–water partition coefficient (Wildman–Crippen LogP) is 1.52. The van der Waals surface area contributed by atoms with Gasteiger partial charge in [0.05, 0.1) is 11.9 Å². The number of rotatable bonds is 6. The molecule has 0 bridgehead atoms. The Morgan fingerprint density at radius 2 is 2.05 bits per heavy atom. The van der Waals surface area contributed by atoms with Gasteiger partial charge in [-0.05, 0) is 19.2 Å². The number of benzene rings is 1. The van der Waals surface area contributed by atoms with Crippen LogP contribution in [0.2, 0.25) is 0 Å². The number of halogens is 1. The molecule has 0 atom stereocenters. The van der Waals surface area contributed by atoms with Crippen molar-refractivity contribution in [3.05, 3.63) is 48.3 Å². The van der Waals surface area contributed by atoms with Crippen LogP contribution in [-0.2, 0) is 11.3 Å². The normalized spacial score (nSPS) is 9.85. The zero-order chi connectivity index (χ0) is 13.5. The van der Waals surface area contributed by atoms with Crippen LogP contribution in [0.1, 0.15) is 12.0 Å². The minimum Gasteiger partial charge on any atom is -0.352 e. The lowest BCUT2D eigenvalue weighted by Crippen LogP contribution is -2.25. The molecule has 0 aliphatic rings. The summed E-state index contributed by atoms with van der Waals surface area (Å²) in [5.74, 6) is 0.0433. The lowest BCUT2D eigenvalue weighted by Gasteiger charge is -2.03. The molecule has 6 heteroatoms. The second kappa shape index (κ2) is 8.35. The molecule has 1 aromatic heterocycles.